The summed E-state index contributed by atoms with van der Waals surface area (Å²) in [5.41, 5.74) is 2.95. The van der Waals surface area contributed by atoms with Crippen LogP contribution >= 0.6 is 11.3 Å². The van der Waals surface area contributed by atoms with Crippen LogP contribution in [0.1, 0.15) is 16.0 Å². The Morgan fingerprint density at radius 3 is 3.31 bits per heavy atom. The molecule has 0 fully saturated rings. The number of aryl methyl sites for hydroxylation is 1. The average Bonchev–Trinajstić information content (AvgIpc) is 2.49. The summed E-state index contributed by atoms with van der Waals surface area (Å²) in [5, 5.41) is 2.25. The van der Waals surface area contributed by atoms with E-state index in [1.165, 1.54) is 17.5 Å². The van der Waals surface area contributed by atoms with E-state index < -0.39 is 0 Å². The minimum Gasteiger partial charge on any atom is -0.288 e. The molecule has 0 spiro atoms. The molecule has 2 heteroatoms. The Balaban J connectivity index is 2.19. The molecule has 0 radical (unpaired) electrons. The molecule has 1 aromatic heterocycles. The predicted octanol–water partition coefficient (Wildman–Crippen LogP) is 2.05. The van der Waals surface area contributed by atoms with E-state index in [2.05, 4.69) is 23.1 Å². The van der Waals surface area contributed by atoms with Gasteiger partial charge in [0.15, 0.2) is 0 Å². The van der Waals surface area contributed by atoms with Gasteiger partial charge in [0.25, 0.3) is 0 Å². The Labute approximate surface area is 83.4 Å². The van der Waals surface area contributed by atoms with Crippen LogP contribution in [0.5, 0.6) is 0 Å². The van der Waals surface area contributed by atoms with Gasteiger partial charge in [-0.25, -0.2) is 0 Å². The first kappa shape index (κ1) is 8.80. The lowest BCUT2D eigenvalue weighted by Gasteiger charge is -2.25. The Bertz CT molecular complexity index is 345. The van der Waals surface area contributed by atoms with Gasteiger partial charge >= 0.3 is 0 Å². The molecule has 0 saturated carbocycles. The van der Waals surface area contributed by atoms with Crippen LogP contribution in [-0.4, -0.2) is 18.0 Å². The van der Waals surface area contributed by atoms with Gasteiger partial charge in [-0.1, -0.05) is 5.92 Å². The van der Waals surface area contributed by atoms with E-state index in [1.807, 2.05) is 11.3 Å². The first-order valence-electron chi connectivity index (χ1n) is 4.53. The van der Waals surface area contributed by atoms with Crippen molar-refractivity contribution >= 4 is 11.3 Å². The zero-order valence-electron chi connectivity index (χ0n) is 7.84. The van der Waals surface area contributed by atoms with Gasteiger partial charge in [0.1, 0.15) is 0 Å². The van der Waals surface area contributed by atoms with Crippen molar-refractivity contribution in [2.75, 3.05) is 13.1 Å². The minimum absolute atomic E-state index is 0.786. The van der Waals surface area contributed by atoms with Crippen molar-refractivity contribution in [2.45, 2.75) is 19.9 Å². The molecule has 0 saturated heterocycles. The molecule has 0 aromatic carbocycles. The standard InChI is InChI=1S/C11H13NS/c1-3-5-12-6-4-11-10(7-12)9(2)8-13-11/h1,8H,4-7H2,2H3. The molecule has 0 aliphatic carbocycles. The molecule has 1 nitrogen and oxygen atoms in total. The number of fused-ring (bicyclic) bond motifs is 1. The minimum atomic E-state index is 0.786. The molecule has 0 atom stereocenters. The quantitative estimate of drug-likeness (QED) is 0.614. The number of rotatable bonds is 1. The Morgan fingerprint density at radius 1 is 1.69 bits per heavy atom. The van der Waals surface area contributed by atoms with Crippen LogP contribution in [0.25, 0.3) is 0 Å². The highest BCUT2D eigenvalue weighted by molar-refractivity contribution is 7.10. The number of hydrogen-bond donors (Lipinski definition) is 0. The fraction of sp³-hybridized carbons (Fsp3) is 0.455. The molecule has 1 aliphatic rings. The normalized spacial score (nSPS) is 16.6. The van der Waals surface area contributed by atoms with Gasteiger partial charge in [0, 0.05) is 18.0 Å². The molecule has 0 bridgehead atoms. The number of thiophene rings is 1. The number of hydrogen-bond acceptors (Lipinski definition) is 2. The third kappa shape index (κ3) is 1.63. The molecule has 68 valence electrons. The number of nitrogens with zero attached hydrogens (tertiary/aromatic N) is 1. The van der Waals surface area contributed by atoms with Crippen LogP contribution in [-0.2, 0) is 13.0 Å². The van der Waals surface area contributed by atoms with Gasteiger partial charge in [-0.3, -0.25) is 4.90 Å². The van der Waals surface area contributed by atoms with Crippen molar-refractivity contribution in [3.63, 3.8) is 0 Å². The summed E-state index contributed by atoms with van der Waals surface area (Å²) in [4.78, 5) is 3.90. The van der Waals surface area contributed by atoms with E-state index in [1.54, 1.807) is 4.88 Å². The fourth-order valence-corrected chi connectivity index (χ4v) is 2.81. The third-order valence-corrected chi connectivity index (χ3v) is 3.75. The lowest BCUT2D eigenvalue weighted by Crippen LogP contribution is -2.30. The highest BCUT2D eigenvalue weighted by atomic mass is 32.1. The van der Waals surface area contributed by atoms with Crippen molar-refractivity contribution < 1.29 is 0 Å². The van der Waals surface area contributed by atoms with Gasteiger partial charge in [-0.05, 0) is 29.9 Å². The molecule has 1 aromatic rings. The molecule has 13 heavy (non-hydrogen) atoms. The maximum absolute atomic E-state index is 5.30. The first-order valence-corrected chi connectivity index (χ1v) is 5.41. The lowest BCUT2D eigenvalue weighted by molar-refractivity contribution is 0.288. The van der Waals surface area contributed by atoms with Gasteiger partial charge in [-0.15, -0.1) is 17.8 Å². The van der Waals surface area contributed by atoms with Gasteiger partial charge in [0.2, 0.25) is 0 Å². The van der Waals surface area contributed by atoms with E-state index >= 15 is 0 Å². The van der Waals surface area contributed by atoms with Crippen LogP contribution in [0.15, 0.2) is 5.38 Å². The summed E-state index contributed by atoms with van der Waals surface area (Å²) in [6.07, 6.45) is 6.48. The third-order valence-electron chi connectivity index (χ3n) is 2.54. The summed E-state index contributed by atoms with van der Waals surface area (Å²) in [5.74, 6) is 2.71. The van der Waals surface area contributed by atoms with E-state index in [0.29, 0.717) is 0 Å². The van der Waals surface area contributed by atoms with Crippen LogP contribution < -0.4 is 0 Å². The van der Waals surface area contributed by atoms with Crippen LogP contribution in [0.2, 0.25) is 0 Å². The van der Waals surface area contributed by atoms with Crippen molar-refractivity contribution in [3.8, 4) is 12.3 Å². The smallest absolute Gasteiger partial charge is 0.0601 e. The van der Waals surface area contributed by atoms with Crippen LogP contribution in [0, 0.1) is 19.3 Å². The highest BCUT2D eigenvalue weighted by Gasteiger charge is 2.18. The second kappa shape index (κ2) is 3.53. The van der Waals surface area contributed by atoms with Crippen molar-refractivity contribution in [2.24, 2.45) is 0 Å². The Hall–Kier alpha value is -0.780. The predicted molar refractivity (Wildman–Crippen MR) is 56.9 cm³/mol. The van der Waals surface area contributed by atoms with Crippen molar-refractivity contribution in [3.05, 3.63) is 21.4 Å². The second-order valence-corrected chi connectivity index (χ2v) is 4.45. The van der Waals surface area contributed by atoms with Crippen LogP contribution in [0.4, 0.5) is 0 Å². The summed E-state index contributed by atoms with van der Waals surface area (Å²) < 4.78 is 0. The zero-order valence-corrected chi connectivity index (χ0v) is 8.66. The largest absolute Gasteiger partial charge is 0.288 e. The maximum Gasteiger partial charge on any atom is 0.0601 e. The molecule has 2 heterocycles. The molecular formula is C11H13NS. The molecule has 0 amide bonds. The number of terminal acetylenes is 1. The molecule has 2 rings (SSSR count). The van der Waals surface area contributed by atoms with Gasteiger partial charge in [0.05, 0.1) is 6.54 Å². The summed E-state index contributed by atoms with van der Waals surface area (Å²) in [6, 6.07) is 0. The summed E-state index contributed by atoms with van der Waals surface area (Å²) in [6.45, 7) is 5.15. The van der Waals surface area contributed by atoms with E-state index in [9.17, 15) is 0 Å². The van der Waals surface area contributed by atoms with Gasteiger partial charge < -0.3 is 0 Å². The Kier molecular flexibility index (Phi) is 2.39. The second-order valence-electron chi connectivity index (χ2n) is 3.49. The van der Waals surface area contributed by atoms with Crippen molar-refractivity contribution in [1.29, 1.82) is 0 Å². The van der Waals surface area contributed by atoms with Crippen LogP contribution in [0.3, 0.4) is 0 Å². The lowest BCUT2D eigenvalue weighted by atomic mass is 10.1. The SMILES string of the molecule is C#CCN1CCc2scc(C)c2C1. The fourth-order valence-electron chi connectivity index (χ4n) is 1.77. The first-order chi connectivity index (χ1) is 6.31. The highest BCUT2D eigenvalue weighted by Crippen LogP contribution is 2.27. The maximum atomic E-state index is 5.30. The molecular weight excluding hydrogens is 178 g/mol. The summed E-state index contributed by atoms with van der Waals surface area (Å²) in [7, 11) is 0. The molecule has 0 N–H and O–H groups in total. The topological polar surface area (TPSA) is 3.24 Å². The Morgan fingerprint density at radius 2 is 2.54 bits per heavy atom. The monoisotopic (exact) mass is 191 g/mol. The summed E-state index contributed by atoms with van der Waals surface area (Å²) >= 11 is 1.89. The van der Waals surface area contributed by atoms with E-state index in [-0.39, 0.29) is 0 Å². The van der Waals surface area contributed by atoms with Crippen molar-refractivity contribution in [1.82, 2.24) is 4.90 Å². The average molecular weight is 191 g/mol. The zero-order chi connectivity index (χ0) is 9.26. The molecule has 1 aliphatic heterocycles. The van der Waals surface area contributed by atoms with E-state index in [4.69, 9.17) is 6.42 Å². The van der Waals surface area contributed by atoms with Gasteiger partial charge in [-0.2, -0.15) is 0 Å². The molecule has 0 unspecified atom stereocenters. The van der Waals surface area contributed by atoms with E-state index in [0.717, 1.165) is 19.6 Å².